The fourth-order valence-electron chi connectivity index (χ4n) is 2.39. The quantitative estimate of drug-likeness (QED) is 0.720. The van der Waals surface area contributed by atoms with Crippen LogP contribution in [0.2, 0.25) is 0 Å². The Hall–Kier alpha value is -1.45. The monoisotopic (exact) mass is 252 g/mol. The Labute approximate surface area is 107 Å². The zero-order valence-electron chi connectivity index (χ0n) is 11.8. The molecule has 1 aliphatic rings. The third-order valence-corrected chi connectivity index (χ3v) is 3.48. The molecule has 1 atom stereocenters. The van der Waals surface area contributed by atoms with E-state index in [0.29, 0.717) is 11.3 Å². The van der Waals surface area contributed by atoms with E-state index in [-0.39, 0.29) is 17.5 Å². The SMILES string of the molecule is COC1=C(C)C(=O)C(C(=O)C(C)C)C(=O)C1(C)C. The topological polar surface area (TPSA) is 60.4 Å². The fraction of sp³-hybridized carbons (Fsp3) is 0.643. The average Bonchev–Trinajstić information content (AvgIpc) is 2.27. The second-order valence-electron chi connectivity index (χ2n) is 5.50. The highest BCUT2D eigenvalue weighted by molar-refractivity contribution is 6.27. The van der Waals surface area contributed by atoms with Crippen molar-refractivity contribution in [1.29, 1.82) is 0 Å². The Morgan fingerprint density at radius 1 is 1.28 bits per heavy atom. The predicted octanol–water partition coefficient (Wildman–Crippen LogP) is 1.93. The summed E-state index contributed by atoms with van der Waals surface area (Å²) in [5.41, 5.74) is -0.553. The molecular weight excluding hydrogens is 232 g/mol. The second-order valence-corrected chi connectivity index (χ2v) is 5.50. The minimum atomic E-state index is -1.17. The van der Waals surface area contributed by atoms with Crippen molar-refractivity contribution in [3.63, 3.8) is 0 Å². The molecule has 0 bridgehead atoms. The summed E-state index contributed by atoms with van der Waals surface area (Å²) in [5.74, 6) is -2.24. The lowest BCUT2D eigenvalue weighted by molar-refractivity contribution is -0.145. The Morgan fingerprint density at radius 2 is 1.78 bits per heavy atom. The lowest BCUT2D eigenvalue weighted by Crippen LogP contribution is -2.47. The molecule has 0 saturated carbocycles. The van der Waals surface area contributed by atoms with Crippen molar-refractivity contribution in [2.45, 2.75) is 34.6 Å². The van der Waals surface area contributed by atoms with Crippen molar-refractivity contribution >= 4 is 17.3 Å². The van der Waals surface area contributed by atoms with Crippen LogP contribution in [0.5, 0.6) is 0 Å². The van der Waals surface area contributed by atoms with Crippen LogP contribution in [0, 0.1) is 17.3 Å². The Balaban J connectivity index is 3.38. The molecule has 0 aromatic heterocycles. The molecule has 4 nitrogen and oxygen atoms in total. The fourth-order valence-corrected chi connectivity index (χ4v) is 2.39. The molecule has 18 heavy (non-hydrogen) atoms. The summed E-state index contributed by atoms with van der Waals surface area (Å²) in [5, 5.41) is 0. The van der Waals surface area contributed by atoms with E-state index in [0.717, 1.165) is 0 Å². The summed E-state index contributed by atoms with van der Waals surface area (Å²) in [6.07, 6.45) is 0. The van der Waals surface area contributed by atoms with Crippen molar-refractivity contribution in [2.75, 3.05) is 7.11 Å². The molecule has 0 spiro atoms. The van der Waals surface area contributed by atoms with Crippen molar-refractivity contribution in [2.24, 2.45) is 17.3 Å². The van der Waals surface area contributed by atoms with E-state index in [1.165, 1.54) is 7.11 Å². The van der Waals surface area contributed by atoms with Gasteiger partial charge >= 0.3 is 0 Å². The number of Topliss-reactive ketones (excluding diaryl/α,β-unsaturated/α-hetero) is 3. The third kappa shape index (κ3) is 2.00. The number of rotatable bonds is 3. The van der Waals surface area contributed by atoms with Crippen LogP contribution in [0.4, 0.5) is 0 Å². The third-order valence-electron chi connectivity index (χ3n) is 3.48. The average molecular weight is 252 g/mol. The zero-order chi connectivity index (χ0) is 14.2. The van der Waals surface area contributed by atoms with Gasteiger partial charge in [0.25, 0.3) is 0 Å². The zero-order valence-corrected chi connectivity index (χ0v) is 11.8. The minimum Gasteiger partial charge on any atom is -0.500 e. The molecule has 0 heterocycles. The van der Waals surface area contributed by atoms with Gasteiger partial charge in [-0.05, 0) is 20.8 Å². The predicted molar refractivity (Wildman–Crippen MR) is 66.8 cm³/mol. The molecule has 0 N–H and O–H groups in total. The molecule has 1 rings (SSSR count). The van der Waals surface area contributed by atoms with Crippen LogP contribution >= 0.6 is 0 Å². The smallest absolute Gasteiger partial charge is 0.179 e. The number of hydrogen-bond donors (Lipinski definition) is 0. The number of methoxy groups -OCH3 is 1. The van der Waals surface area contributed by atoms with Crippen molar-refractivity contribution < 1.29 is 19.1 Å². The largest absolute Gasteiger partial charge is 0.500 e. The Bertz CT molecular complexity index is 441. The molecule has 0 saturated heterocycles. The maximum atomic E-state index is 12.4. The first-order valence-corrected chi connectivity index (χ1v) is 6.03. The molecule has 0 aliphatic heterocycles. The second kappa shape index (κ2) is 4.67. The van der Waals surface area contributed by atoms with E-state index in [1.54, 1.807) is 34.6 Å². The molecule has 100 valence electrons. The first kappa shape index (κ1) is 14.6. The summed E-state index contributed by atoms with van der Waals surface area (Å²) in [6.45, 7) is 8.37. The molecule has 1 aliphatic carbocycles. The lowest BCUT2D eigenvalue weighted by atomic mass is 9.68. The summed E-state index contributed by atoms with van der Waals surface area (Å²) in [6, 6.07) is 0. The van der Waals surface area contributed by atoms with Crippen LogP contribution in [0.15, 0.2) is 11.3 Å². The summed E-state index contributed by atoms with van der Waals surface area (Å²) in [4.78, 5) is 36.6. The number of carbonyl (C=O) groups is 3. The van der Waals surface area contributed by atoms with Crippen LogP contribution in [0.25, 0.3) is 0 Å². The molecule has 0 radical (unpaired) electrons. The molecular formula is C14H20O4. The van der Waals surface area contributed by atoms with Gasteiger partial charge in [0.2, 0.25) is 0 Å². The molecule has 0 fully saturated rings. The van der Waals surface area contributed by atoms with Crippen LogP contribution < -0.4 is 0 Å². The highest BCUT2D eigenvalue weighted by atomic mass is 16.5. The lowest BCUT2D eigenvalue weighted by Gasteiger charge is -2.34. The van der Waals surface area contributed by atoms with Gasteiger partial charge in [0, 0.05) is 11.5 Å². The van der Waals surface area contributed by atoms with Crippen LogP contribution in [0.1, 0.15) is 34.6 Å². The minimum absolute atomic E-state index is 0.312. The van der Waals surface area contributed by atoms with Gasteiger partial charge in [-0.2, -0.15) is 0 Å². The molecule has 1 unspecified atom stereocenters. The van der Waals surface area contributed by atoms with Gasteiger partial charge in [-0.1, -0.05) is 13.8 Å². The van der Waals surface area contributed by atoms with E-state index >= 15 is 0 Å². The normalized spacial score (nSPS) is 23.6. The molecule has 0 amide bonds. The van der Waals surface area contributed by atoms with Crippen molar-refractivity contribution in [3.8, 4) is 0 Å². The number of carbonyl (C=O) groups excluding carboxylic acids is 3. The standard InChI is InChI=1S/C14H20O4/c1-7(2)10(15)9-11(16)8(3)13(18-6)14(4,5)12(9)17/h7,9H,1-6H3. The summed E-state index contributed by atoms with van der Waals surface area (Å²) in [7, 11) is 1.44. The molecule has 0 aromatic rings. The summed E-state index contributed by atoms with van der Waals surface area (Å²) < 4.78 is 5.17. The van der Waals surface area contributed by atoms with Gasteiger partial charge in [-0.15, -0.1) is 0 Å². The van der Waals surface area contributed by atoms with Crippen molar-refractivity contribution in [3.05, 3.63) is 11.3 Å². The van der Waals surface area contributed by atoms with E-state index < -0.39 is 17.1 Å². The van der Waals surface area contributed by atoms with Gasteiger partial charge in [-0.3, -0.25) is 14.4 Å². The van der Waals surface area contributed by atoms with Gasteiger partial charge in [0.15, 0.2) is 17.3 Å². The van der Waals surface area contributed by atoms with Gasteiger partial charge < -0.3 is 4.74 Å². The van der Waals surface area contributed by atoms with Gasteiger partial charge in [-0.25, -0.2) is 0 Å². The Kier molecular flexibility index (Phi) is 3.79. The number of allylic oxidation sites excluding steroid dienone is 2. The molecule has 0 aromatic carbocycles. The van der Waals surface area contributed by atoms with Gasteiger partial charge in [0.05, 0.1) is 12.5 Å². The summed E-state index contributed by atoms with van der Waals surface area (Å²) >= 11 is 0. The maximum absolute atomic E-state index is 12.4. The van der Waals surface area contributed by atoms with Crippen LogP contribution in [-0.4, -0.2) is 24.5 Å². The number of hydrogen-bond acceptors (Lipinski definition) is 4. The van der Waals surface area contributed by atoms with E-state index in [9.17, 15) is 14.4 Å². The van der Waals surface area contributed by atoms with E-state index in [2.05, 4.69) is 0 Å². The van der Waals surface area contributed by atoms with Gasteiger partial charge in [0.1, 0.15) is 11.7 Å². The van der Waals surface area contributed by atoms with Crippen molar-refractivity contribution in [1.82, 2.24) is 0 Å². The van der Waals surface area contributed by atoms with E-state index in [4.69, 9.17) is 4.74 Å². The number of ketones is 3. The van der Waals surface area contributed by atoms with Crippen LogP contribution in [0.3, 0.4) is 0 Å². The first-order valence-electron chi connectivity index (χ1n) is 6.03. The number of ether oxygens (including phenoxy) is 1. The van der Waals surface area contributed by atoms with E-state index in [1.807, 2.05) is 0 Å². The maximum Gasteiger partial charge on any atom is 0.179 e. The molecule has 4 heteroatoms. The highest BCUT2D eigenvalue weighted by Crippen LogP contribution is 2.39. The highest BCUT2D eigenvalue weighted by Gasteiger charge is 2.50. The van der Waals surface area contributed by atoms with Crippen LogP contribution in [-0.2, 0) is 19.1 Å². The Morgan fingerprint density at radius 3 is 2.17 bits per heavy atom. The first-order chi connectivity index (χ1) is 8.16.